The van der Waals surface area contributed by atoms with Gasteiger partial charge in [-0.2, -0.15) is 0 Å². The van der Waals surface area contributed by atoms with Crippen LogP contribution >= 0.6 is 15.9 Å². The van der Waals surface area contributed by atoms with E-state index in [1.165, 1.54) is 4.31 Å². The van der Waals surface area contributed by atoms with Crippen LogP contribution in [0.1, 0.15) is 31.2 Å². The number of carbonyl (C=O) groups excluding carboxylic acids is 1. The summed E-state index contributed by atoms with van der Waals surface area (Å²) in [5.74, 6) is -0.100. The number of sulfonamides is 1. The van der Waals surface area contributed by atoms with E-state index in [1.54, 1.807) is 0 Å². The van der Waals surface area contributed by atoms with Crippen LogP contribution in [0.5, 0.6) is 0 Å². The Balaban J connectivity index is 1.47. The standard InChI is InChI=1S/C18H25BrN2O4S/c19-16-5-3-14(4-6-16)13-26(23,24)21-9-7-15(8-10-21)18(22)20-12-17-2-1-11-25-17/h3-6,15,17H,1-2,7-13H2,(H,20,22)/t17-/m1/s1. The first-order chi connectivity index (χ1) is 12.4. The van der Waals surface area contributed by atoms with Crippen molar-refractivity contribution in [3.05, 3.63) is 34.3 Å². The van der Waals surface area contributed by atoms with E-state index < -0.39 is 10.0 Å². The van der Waals surface area contributed by atoms with Crippen LogP contribution in [-0.2, 0) is 25.3 Å². The first-order valence-electron chi connectivity index (χ1n) is 9.05. The Labute approximate surface area is 163 Å². The van der Waals surface area contributed by atoms with E-state index in [0.717, 1.165) is 29.5 Å². The SMILES string of the molecule is O=C(NC[C@H]1CCCO1)C1CCN(S(=O)(=O)Cc2ccc(Br)cc2)CC1. The van der Waals surface area contributed by atoms with Gasteiger partial charge in [0.15, 0.2) is 0 Å². The van der Waals surface area contributed by atoms with E-state index in [2.05, 4.69) is 21.2 Å². The fraction of sp³-hybridized carbons (Fsp3) is 0.611. The molecule has 1 N–H and O–H groups in total. The molecule has 144 valence electrons. The van der Waals surface area contributed by atoms with Crippen molar-refractivity contribution in [1.82, 2.24) is 9.62 Å². The fourth-order valence-electron chi connectivity index (χ4n) is 3.44. The van der Waals surface area contributed by atoms with Crippen LogP contribution in [0.3, 0.4) is 0 Å². The van der Waals surface area contributed by atoms with E-state index in [1.807, 2.05) is 24.3 Å². The monoisotopic (exact) mass is 444 g/mol. The van der Waals surface area contributed by atoms with Crippen LogP contribution in [-0.4, -0.2) is 51.0 Å². The third-order valence-corrected chi connectivity index (χ3v) is 7.39. The van der Waals surface area contributed by atoms with Crippen molar-refractivity contribution in [2.24, 2.45) is 5.92 Å². The largest absolute Gasteiger partial charge is 0.376 e. The molecule has 0 unspecified atom stereocenters. The number of hydrogen-bond acceptors (Lipinski definition) is 4. The number of amides is 1. The summed E-state index contributed by atoms with van der Waals surface area (Å²) in [5.41, 5.74) is 0.768. The van der Waals surface area contributed by atoms with Gasteiger partial charge in [0.25, 0.3) is 0 Å². The van der Waals surface area contributed by atoms with E-state index in [-0.39, 0.29) is 23.7 Å². The zero-order valence-corrected chi connectivity index (χ0v) is 17.1. The van der Waals surface area contributed by atoms with E-state index in [9.17, 15) is 13.2 Å². The quantitative estimate of drug-likeness (QED) is 0.729. The number of halogens is 1. The van der Waals surface area contributed by atoms with Gasteiger partial charge in [0.1, 0.15) is 0 Å². The van der Waals surface area contributed by atoms with Gasteiger partial charge < -0.3 is 10.1 Å². The highest BCUT2D eigenvalue weighted by molar-refractivity contribution is 9.10. The topological polar surface area (TPSA) is 75.7 Å². The van der Waals surface area contributed by atoms with E-state index in [0.29, 0.717) is 32.5 Å². The molecule has 26 heavy (non-hydrogen) atoms. The molecule has 3 rings (SSSR count). The number of hydrogen-bond donors (Lipinski definition) is 1. The molecule has 2 saturated heterocycles. The van der Waals surface area contributed by atoms with E-state index in [4.69, 9.17) is 4.74 Å². The summed E-state index contributed by atoms with van der Waals surface area (Å²) in [6.07, 6.45) is 3.31. The van der Waals surface area contributed by atoms with Gasteiger partial charge in [0.05, 0.1) is 11.9 Å². The second-order valence-corrected chi connectivity index (χ2v) is 9.82. The zero-order valence-electron chi connectivity index (χ0n) is 14.7. The van der Waals surface area contributed by atoms with Gasteiger partial charge in [-0.3, -0.25) is 4.79 Å². The maximum atomic E-state index is 12.6. The molecular weight excluding hydrogens is 420 g/mol. The highest BCUT2D eigenvalue weighted by Crippen LogP contribution is 2.22. The van der Waals surface area contributed by atoms with Gasteiger partial charge >= 0.3 is 0 Å². The van der Waals surface area contributed by atoms with Crippen molar-refractivity contribution < 1.29 is 17.9 Å². The van der Waals surface area contributed by atoms with Crippen molar-refractivity contribution in [3.63, 3.8) is 0 Å². The Hall–Kier alpha value is -0.960. The molecule has 0 aliphatic carbocycles. The van der Waals surface area contributed by atoms with Gasteiger partial charge in [-0.05, 0) is 43.4 Å². The summed E-state index contributed by atoms with van der Waals surface area (Å²) in [6, 6.07) is 7.31. The highest BCUT2D eigenvalue weighted by Gasteiger charge is 2.31. The van der Waals surface area contributed by atoms with Crippen LogP contribution in [0.15, 0.2) is 28.7 Å². The van der Waals surface area contributed by atoms with Crippen molar-refractivity contribution in [3.8, 4) is 0 Å². The molecule has 0 radical (unpaired) electrons. The predicted molar refractivity (Wildman–Crippen MR) is 103 cm³/mol. The normalized spacial score (nSPS) is 22.4. The van der Waals surface area contributed by atoms with Gasteiger partial charge in [0.2, 0.25) is 15.9 Å². The number of nitrogens with one attached hydrogen (secondary N) is 1. The number of piperidine rings is 1. The lowest BCUT2D eigenvalue weighted by molar-refractivity contribution is -0.126. The lowest BCUT2D eigenvalue weighted by Crippen LogP contribution is -2.44. The summed E-state index contributed by atoms with van der Waals surface area (Å²) in [5, 5.41) is 2.96. The van der Waals surface area contributed by atoms with Gasteiger partial charge in [0, 0.05) is 36.6 Å². The van der Waals surface area contributed by atoms with Crippen LogP contribution < -0.4 is 5.32 Å². The summed E-state index contributed by atoms with van der Waals surface area (Å²) < 4.78 is 33.2. The molecule has 2 fully saturated rings. The molecule has 2 aliphatic rings. The average molecular weight is 445 g/mol. The lowest BCUT2D eigenvalue weighted by atomic mass is 9.97. The Morgan fingerprint density at radius 1 is 1.19 bits per heavy atom. The molecule has 1 amide bonds. The molecule has 2 aliphatic heterocycles. The predicted octanol–water partition coefficient (Wildman–Crippen LogP) is 2.29. The molecule has 6 nitrogen and oxygen atoms in total. The summed E-state index contributed by atoms with van der Waals surface area (Å²) >= 11 is 3.35. The number of rotatable bonds is 6. The van der Waals surface area contributed by atoms with Crippen molar-refractivity contribution in [2.75, 3.05) is 26.2 Å². The Morgan fingerprint density at radius 2 is 1.88 bits per heavy atom. The molecule has 0 saturated carbocycles. The molecule has 0 bridgehead atoms. The second kappa shape index (κ2) is 8.82. The molecule has 2 heterocycles. The lowest BCUT2D eigenvalue weighted by Gasteiger charge is -2.30. The number of carbonyl (C=O) groups is 1. The average Bonchev–Trinajstić information content (AvgIpc) is 3.15. The minimum atomic E-state index is -3.36. The summed E-state index contributed by atoms with van der Waals surface area (Å²) in [6.45, 7) is 2.13. The molecular formula is C18H25BrN2O4S. The van der Waals surface area contributed by atoms with Crippen molar-refractivity contribution >= 4 is 31.9 Å². The Bertz CT molecular complexity index is 709. The minimum Gasteiger partial charge on any atom is -0.376 e. The first kappa shape index (κ1) is 19.8. The molecule has 1 atom stereocenters. The first-order valence-corrected chi connectivity index (χ1v) is 11.5. The summed E-state index contributed by atoms with van der Waals surface area (Å²) in [4.78, 5) is 12.3. The van der Waals surface area contributed by atoms with Crippen LogP contribution in [0, 0.1) is 5.92 Å². The Morgan fingerprint density at radius 3 is 2.50 bits per heavy atom. The van der Waals surface area contributed by atoms with Crippen molar-refractivity contribution in [2.45, 2.75) is 37.5 Å². The smallest absolute Gasteiger partial charge is 0.223 e. The second-order valence-electron chi connectivity index (χ2n) is 6.94. The van der Waals surface area contributed by atoms with Gasteiger partial charge in [-0.1, -0.05) is 28.1 Å². The molecule has 8 heteroatoms. The third-order valence-electron chi connectivity index (χ3n) is 5.01. The molecule has 0 spiro atoms. The van der Waals surface area contributed by atoms with Gasteiger partial charge in [-0.15, -0.1) is 0 Å². The zero-order chi connectivity index (χ0) is 18.6. The third kappa shape index (κ3) is 5.28. The van der Waals surface area contributed by atoms with Crippen LogP contribution in [0.4, 0.5) is 0 Å². The maximum absolute atomic E-state index is 12.6. The summed E-state index contributed by atoms with van der Waals surface area (Å²) in [7, 11) is -3.36. The van der Waals surface area contributed by atoms with Crippen LogP contribution in [0.2, 0.25) is 0 Å². The maximum Gasteiger partial charge on any atom is 0.223 e. The van der Waals surface area contributed by atoms with Crippen molar-refractivity contribution in [1.29, 1.82) is 0 Å². The molecule has 0 aromatic heterocycles. The highest BCUT2D eigenvalue weighted by atomic mass is 79.9. The van der Waals surface area contributed by atoms with Gasteiger partial charge in [-0.25, -0.2) is 12.7 Å². The van der Waals surface area contributed by atoms with E-state index >= 15 is 0 Å². The molecule has 1 aromatic rings. The number of benzene rings is 1. The fourth-order valence-corrected chi connectivity index (χ4v) is 5.27. The van der Waals surface area contributed by atoms with Crippen LogP contribution in [0.25, 0.3) is 0 Å². The minimum absolute atomic E-state index is 0.00381. The Kier molecular flexibility index (Phi) is 6.71. The number of nitrogens with zero attached hydrogens (tertiary/aromatic N) is 1. The number of ether oxygens (including phenoxy) is 1. The molecule has 1 aromatic carbocycles.